The van der Waals surface area contributed by atoms with E-state index in [0.717, 1.165) is 28.3 Å². The maximum absolute atomic E-state index is 4.83. The Hall–Kier alpha value is -2.58. The highest BCUT2D eigenvalue weighted by Crippen LogP contribution is 2.37. The normalized spacial score (nSPS) is 11.9. The van der Waals surface area contributed by atoms with Gasteiger partial charge >= 0.3 is 0 Å². The molecule has 0 saturated carbocycles. The molecule has 0 bridgehead atoms. The van der Waals surface area contributed by atoms with Crippen LogP contribution in [0.25, 0.3) is 11.1 Å². The van der Waals surface area contributed by atoms with Gasteiger partial charge in [-0.25, -0.2) is 4.99 Å². The molecule has 0 aromatic heterocycles. The summed E-state index contributed by atoms with van der Waals surface area (Å²) in [5.41, 5.74) is 5.51. The standard InChI is InChI=1S/C19H14N2.ClH/c1-2-8-14(9-3-1)19-20-17-12-6-4-10-15(17)16-11-5-7-13-18(16)21-19;/h1-13H,(H,20,21);1H. The van der Waals surface area contributed by atoms with Crippen molar-refractivity contribution in [1.29, 1.82) is 0 Å². The Labute approximate surface area is 136 Å². The van der Waals surface area contributed by atoms with Gasteiger partial charge in [0.05, 0.1) is 5.69 Å². The molecule has 0 saturated heterocycles. The van der Waals surface area contributed by atoms with Crippen LogP contribution in [0.5, 0.6) is 0 Å². The smallest absolute Gasteiger partial charge is 0.138 e. The van der Waals surface area contributed by atoms with Crippen LogP contribution in [0.4, 0.5) is 11.4 Å². The predicted molar refractivity (Wildman–Crippen MR) is 95.4 cm³/mol. The fourth-order valence-electron chi connectivity index (χ4n) is 2.63. The number of hydrogen-bond acceptors (Lipinski definition) is 2. The Morgan fingerprint density at radius 2 is 1.27 bits per heavy atom. The fourth-order valence-corrected chi connectivity index (χ4v) is 2.63. The number of nitrogens with zero attached hydrogens (tertiary/aromatic N) is 1. The predicted octanol–water partition coefficient (Wildman–Crippen LogP) is 5.28. The number of para-hydroxylation sites is 2. The van der Waals surface area contributed by atoms with E-state index in [0.29, 0.717) is 0 Å². The van der Waals surface area contributed by atoms with Crippen molar-refractivity contribution in [1.82, 2.24) is 0 Å². The highest BCUT2D eigenvalue weighted by Gasteiger charge is 2.15. The molecule has 2 nitrogen and oxygen atoms in total. The Kier molecular flexibility index (Phi) is 3.94. The van der Waals surface area contributed by atoms with Gasteiger partial charge in [0.15, 0.2) is 0 Å². The number of benzene rings is 3. The zero-order valence-corrected chi connectivity index (χ0v) is 12.7. The number of fused-ring (bicyclic) bond motifs is 3. The van der Waals surface area contributed by atoms with Crippen molar-refractivity contribution in [3.8, 4) is 11.1 Å². The molecule has 22 heavy (non-hydrogen) atoms. The van der Waals surface area contributed by atoms with Gasteiger partial charge < -0.3 is 5.32 Å². The second-order valence-corrected chi connectivity index (χ2v) is 5.01. The average molecular weight is 307 g/mol. The number of anilines is 1. The van der Waals surface area contributed by atoms with E-state index in [4.69, 9.17) is 4.99 Å². The maximum Gasteiger partial charge on any atom is 0.138 e. The lowest BCUT2D eigenvalue weighted by atomic mass is 10.0. The van der Waals surface area contributed by atoms with Crippen molar-refractivity contribution in [3.05, 3.63) is 84.4 Å². The molecule has 4 rings (SSSR count). The lowest BCUT2D eigenvalue weighted by Crippen LogP contribution is -2.12. The first kappa shape index (κ1) is 14.4. The number of aliphatic imine (C=N–C) groups is 1. The maximum atomic E-state index is 4.83. The van der Waals surface area contributed by atoms with Gasteiger partial charge in [-0.15, -0.1) is 12.4 Å². The molecule has 108 valence electrons. The van der Waals surface area contributed by atoms with Gasteiger partial charge in [0.25, 0.3) is 0 Å². The Morgan fingerprint density at radius 3 is 2.09 bits per heavy atom. The summed E-state index contributed by atoms with van der Waals surface area (Å²) in [6.45, 7) is 0. The van der Waals surface area contributed by atoms with E-state index in [1.165, 1.54) is 5.56 Å². The Bertz CT molecular complexity index is 826. The topological polar surface area (TPSA) is 24.4 Å². The summed E-state index contributed by atoms with van der Waals surface area (Å²) in [7, 11) is 0. The molecule has 1 aliphatic rings. The molecule has 1 heterocycles. The molecule has 0 radical (unpaired) electrons. The lowest BCUT2D eigenvalue weighted by molar-refractivity contribution is 1.49. The minimum atomic E-state index is 0. The molecule has 0 unspecified atom stereocenters. The van der Waals surface area contributed by atoms with Crippen LogP contribution < -0.4 is 5.32 Å². The third kappa shape index (κ3) is 2.49. The Balaban J connectivity index is 0.00000144. The van der Waals surface area contributed by atoms with Crippen molar-refractivity contribution in [2.45, 2.75) is 0 Å². The van der Waals surface area contributed by atoms with Gasteiger partial charge in [-0.05, 0) is 12.1 Å². The second-order valence-electron chi connectivity index (χ2n) is 5.01. The highest BCUT2D eigenvalue weighted by molar-refractivity contribution is 6.13. The van der Waals surface area contributed by atoms with E-state index in [9.17, 15) is 0 Å². The molecule has 3 heteroatoms. The van der Waals surface area contributed by atoms with Gasteiger partial charge in [-0.2, -0.15) is 0 Å². The van der Waals surface area contributed by atoms with Crippen LogP contribution in [-0.2, 0) is 0 Å². The Morgan fingerprint density at radius 1 is 0.636 bits per heavy atom. The fraction of sp³-hybridized carbons (Fsp3) is 0. The van der Waals surface area contributed by atoms with E-state index in [1.807, 2.05) is 30.3 Å². The van der Waals surface area contributed by atoms with Crippen molar-refractivity contribution in [3.63, 3.8) is 0 Å². The van der Waals surface area contributed by atoms with Crippen LogP contribution in [-0.4, -0.2) is 5.84 Å². The zero-order chi connectivity index (χ0) is 14.1. The minimum Gasteiger partial charge on any atom is -0.339 e. The third-order valence-electron chi connectivity index (χ3n) is 3.65. The summed E-state index contributed by atoms with van der Waals surface area (Å²) in [5.74, 6) is 0.882. The second kappa shape index (κ2) is 6.04. The number of nitrogens with one attached hydrogen (secondary N) is 1. The summed E-state index contributed by atoms with van der Waals surface area (Å²) in [5, 5.41) is 3.47. The minimum absolute atomic E-state index is 0. The van der Waals surface area contributed by atoms with Crippen LogP contribution in [0.2, 0.25) is 0 Å². The quantitative estimate of drug-likeness (QED) is 0.650. The zero-order valence-electron chi connectivity index (χ0n) is 11.9. The molecule has 0 atom stereocenters. The molecule has 3 aromatic carbocycles. The van der Waals surface area contributed by atoms with Crippen molar-refractivity contribution in [2.24, 2.45) is 4.99 Å². The van der Waals surface area contributed by atoms with Crippen LogP contribution in [0.15, 0.2) is 83.9 Å². The molecule has 0 amide bonds. The van der Waals surface area contributed by atoms with Crippen molar-refractivity contribution in [2.75, 3.05) is 5.32 Å². The highest BCUT2D eigenvalue weighted by atomic mass is 35.5. The number of hydrogen-bond donors (Lipinski definition) is 1. The van der Waals surface area contributed by atoms with Crippen LogP contribution in [0.1, 0.15) is 5.56 Å². The summed E-state index contributed by atoms with van der Waals surface area (Å²) >= 11 is 0. The number of amidine groups is 1. The van der Waals surface area contributed by atoms with Gasteiger partial charge in [0.1, 0.15) is 5.84 Å². The molecule has 1 aliphatic heterocycles. The van der Waals surface area contributed by atoms with Crippen LogP contribution in [0.3, 0.4) is 0 Å². The first-order valence-electron chi connectivity index (χ1n) is 7.01. The average Bonchev–Trinajstić information content (AvgIpc) is 2.72. The summed E-state index contributed by atoms with van der Waals surface area (Å²) in [4.78, 5) is 4.83. The van der Waals surface area contributed by atoms with E-state index in [1.54, 1.807) is 0 Å². The first-order chi connectivity index (χ1) is 10.4. The third-order valence-corrected chi connectivity index (χ3v) is 3.65. The van der Waals surface area contributed by atoms with E-state index < -0.39 is 0 Å². The van der Waals surface area contributed by atoms with Gasteiger partial charge in [-0.1, -0.05) is 66.7 Å². The molecular weight excluding hydrogens is 292 g/mol. The lowest BCUT2D eigenvalue weighted by Gasteiger charge is -2.10. The summed E-state index contributed by atoms with van der Waals surface area (Å²) < 4.78 is 0. The number of halogens is 1. The van der Waals surface area contributed by atoms with Crippen LogP contribution >= 0.6 is 12.4 Å². The van der Waals surface area contributed by atoms with Gasteiger partial charge in [-0.3, -0.25) is 0 Å². The van der Waals surface area contributed by atoms with Gasteiger partial charge in [0, 0.05) is 22.4 Å². The van der Waals surface area contributed by atoms with E-state index in [-0.39, 0.29) is 12.4 Å². The summed E-state index contributed by atoms with van der Waals surface area (Å²) in [6, 6.07) is 26.8. The van der Waals surface area contributed by atoms with E-state index >= 15 is 0 Å². The molecule has 3 aromatic rings. The monoisotopic (exact) mass is 306 g/mol. The SMILES string of the molecule is Cl.c1ccc(C2=Nc3ccccc3-c3ccccc3N2)cc1. The molecule has 1 N–H and O–H groups in total. The molecule has 0 fully saturated rings. The molecule has 0 spiro atoms. The first-order valence-corrected chi connectivity index (χ1v) is 7.01. The largest absolute Gasteiger partial charge is 0.339 e. The van der Waals surface area contributed by atoms with Crippen molar-refractivity contribution < 1.29 is 0 Å². The summed E-state index contributed by atoms with van der Waals surface area (Å²) in [6.07, 6.45) is 0. The van der Waals surface area contributed by atoms with Crippen molar-refractivity contribution >= 4 is 29.6 Å². The number of rotatable bonds is 1. The molecule has 0 aliphatic carbocycles. The van der Waals surface area contributed by atoms with Crippen LogP contribution in [0, 0.1) is 0 Å². The van der Waals surface area contributed by atoms with Gasteiger partial charge in [0.2, 0.25) is 0 Å². The molecular formula is C19H15ClN2. The van der Waals surface area contributed by atoms with E-state index in [2.05, 4.69) is 53.8 Å².